The van der Waals surface area contributed by atoms with Gasteiger partial charge in [0.05, 0.1) is 12.5 Å². The Hall–Kier alpha value is -2.29. The molecule has 2 N–H and O–H groups in total. The molecule has 0 bridgehead atoms. The third-order valence-electron chi connectivity index (χ3n) is 3.43. The fraction of sp³-hybridized carbons (Fsp3) is 0.467. The number of carboxylic acids is 1. The van der Waals surface area contributed by atoms with Crippen molar-refractivity contribution < 1.29 is 37.3 Å². The largest absolute Gasteiger partial charge is 0.573 e. The van der Waals surface area contributed by atoms with Crippen LogP contribution >= 0.6 is 0 Å². The van der Waals surface area contributed by atoms with Crippen LogP contribution in [0.15, 0.2) is 24.3 Å². The number of amides is 1. The molecule has 2 rings (SSSR count). The van der Waals surface area contributed by atoms with Gasteiger partial charge in [-0.05, 0) is 30.5 Å². The molecule has 0 aromatic heterocycles. The van der Waals surface area contributed by atoms with Crippen LogP contribution in [0.1, 0.15) is 30.9 Å². The molecule has 1 amide bonds. The molecule has 2 atom stereocenters. The van der Waals surface area contributed by atoms with Crippen LogP contribution in [0.3, 0.4) is 0 Å². The van der Waals surface area contributed by atoms with E-state index in [0.717, 1.165) is 18.6 Å². The summed E-state index contributed by atoms with van der Waals surface area (Å²) in [7, 11) is 0. The molecule has 0 unspecified atom stereocenters. The van der Waals surface area contributed by atoms with Crippen LogP contribution in [0, 0.1) is 0 Å². The van der Waals surface area contributed by atoms with Gasteiger partial charge in [0.2, 0.25) is 5.91 Å². The van der Waals surface area contributed by atoms with Crippen molar-refractivity contribution in [1.82, 2.24) is 5.32 Å². The minimum atomic E-state index is -4.81. The van der Waals surface area contributed by atoms with Crippen molar-refractivity contribution in [2.75, 3.05) is 6.61 Å². The van der Waals surface area contributed by atoms with Crippen LogP contribution < -0.4 is 10.1 Å². The molecule has 9 heteroatoms. The monoisotopic (exact) mass is 347 g/mol. The van der Waals surface area contributed by atoms with Crippen molar-refractivity contribution in [3.05, 3.63) is 29.8 Å². The lowest BCUT2D eigenvalue weighted by atomic mass is 10.0. The average Bonchev–Trinajstić information content (AvgIpc) is 2.99. The zero-order chi connectivity index (χ0) is 17.7. The number of carbonyl (C=O) groups is 2. The quantitative estimate of drug-likeness (QED) is 0.825. The molecule has 24 heavy (non-hydrogen) atoms. The van der Waals surface area contributed by atoms with Gasteiger partial charge in [0.25, 0.3) is 0 Å². The highest BCUT2D eigenvalue weighted by Gasteiger charge is 2.31. The summed E-state index contributed by atoms with van der Waals surface area (Å²) in [6.45, 7) is 0.463. The predicted molar refractivity (Wildman–Crippen MR) is 75.2 cm³/mol. The number of halogens is 3. The number of nitrogens with one attached hydrogen (secondary N) is 1. The lowest BCUT2D eigenvalue weighted by molar-refractivity contribution is -0.274. The molecule has 0 aliphatic carbocycles. The second kappa shape index (κ2) is 7.52. The first kappa shape index (κ1) is 18.1. The zero-order valence-electron chi connectivity index (χ0n) is 12.5. The Balaban J connectivity index is 2.08. The van der Waals surface area contributed by atoms with E-state index in [4.69, 9.17) is 9.84 Å². The highest BCUT2D eigenvalue weighted by atomic mass is 19.4. The van der Waals surface area contributed by atoms with Gasteiger partial charge in [0.15, 0.2) is 0 Å². The van der Waals surface area contributed by atoms with Crippen molar-refractivity contribution in [3.8, 4) is 5.75 Å². The SMILES string of the molecule is O=C(O)C[C@H](NC(=O)[C@H]1CCCO1)c1ccc(OC(F)(F)F)cc1. The zero-order valence-corrected chi connectivity index (χ0v) is 12.5. The molecule has 0 saturated carbocycles. The number of hydrogen-bond acceptors (Lipinski definition) is 4. The van der Waals surface area contributed by atoms with Crippen molar-refractivity contribution >= 4 is 11.9 Å². The summed E-state index contributed by atoms with van der Waals surface area (Å²) in [4.78, 5) is 23.0. The number of hydrogen-bond donors (Lipinski definition) is 2. The Morgan fingerprint density at radius 1 is 1.33 bits per heavy atom. The molecule has 1 fully saturated rings. The van der Waals surface area contributed by atoms with Crippen LogP contribution in [-0.4, -0.2) is 36.1 Å². The van der Waals surface area contributed by atoms with E-state index >= 15 is 0 Å². The Morgan fingerprint density at radius 2 is 2.00 bits per heavy atom. The molecule has 132 valence electrons. The maximum atomic E-state index is 12.1. The first-order valence-electron chi connectivity index (χ1n) is 7.24. The smallest absolute Gasteiger partial charge is 0.481 e. The van der Waals surface area contributed by atoms with Gasteiger partial charge >= 0.3 is 12.3 Å². The van der Waals surface area contributed by atoms with E-state index < -0.39 is 42.6 Å². The van der Waals surface area contributed by atoms with Crippen LogP contribution in [0.5, 0.6) is 5.75 Å². The third-order valence-corrected chi connectivity index (χ3v) is 3.43. The van der Waals surface area contributed by atoms with Gasteiger partial charge in [-0.15, -0.1) is 13.2 Å². The number of carbonyl (C=O) groups excluding carboxylic acids is 1. The van der Waals surface area contributed by atoms with Gasteiger partial charge < -0.3 is 19.9 Å². The van der Waals surface area contributed by atoms with E-state index in [0.29, 0.717) is 18.6 Å². The number of ether oxygens (including phenoxy) is 2. The molecule has 6 nitrogen and oxygen atoms in total. The molecular formula is C15H16F3NO5. The molecule has 1 aliphatic heterocycles. The Labute approximate surface area is 135 Å². The second-order valence-corrected chi connectivity index (χ2v) is 5.28. The number of aliphatic carboxylic acids is 1. The summed E-state index contributed by atoms with van der Waals surface area (Å²) in [5.41, 5.74) is 0.360. The van der Waals surface area contributed by atoms with Gasteiger partial charge in [0.1, 0.15) is 11.9 Å². The lowest BCUT2D eigenvalue weighted by Gasteiger charge is -2.20. The normalized spacial score (nSPS) is 18.9. The van der Waals surface area contributed by atoms with E-state index in [1.54, 1.807) is 0 Å². The highest BCUT2D eigenvalue weighted by molar-refractivity contribution is 5.82. The number of carboxylic acid groups (broad SMARTS) is 1. The summed E-state index contributed by atoms with van der Waals surface area (Å²) < 4.78 is 45.4. The van der Waals surface area contributed by atoms with Gasteiger partial charge in [-0.1, -0.05) is 12.1 Å². The predicted octanol–water partition coefficient (Wildman–Crippen LogP) is 2.40. The van der Waals surface area contributed by atoms with Crippen molar-refractivity contribution in [2.24, 2.45) is 0 Å². The Bertz CT molecular complexity index is 582. The first-order chi connectivity index (χ1) is 11.2. The maximum absolute atomic E-state index is 12.1. The summed E-state index contributed by atoms with van der Waals surface area (Å²) in [6.07, 6.45) is -4.56. The highest BCUT2D eigenvalue weighted by Crippen LogP contribution is 2.26. The van der Waals surface area contributed by atoms with E-state index in [1.807, 2.05) is 0 Å². The third kappa shape index (κ3) is 5.41. The molecule has 1 aliphatic rings. The summed E-state index contributed by atoms with van der Waals surface area (Å²) >= 11 is 0. The van der Waals surface area contributed by atoms with Gasteiger partial charge in [-0.3, -0.25) is 9.59 Å². The van der Waals surface area contributed by atoms with Crippen LogP contribution in [0.4, 0.5) is 13.2 Å². The molecule has 1 saturated heterocycles. The van der Waals surface area contributed by atoms with Crippen LogP contribution in [0.2, 0.25) is 0 Å². The second-order valence-electron chi connectivity index (χ2n) is 5.28. The Morgan fingerprint density at radius 3 is 2.50 bits per heavy atom. The standard InChI is InChI=1S/C15H16F3NO5/c16-15(17,18)24-10-5-3-9(4-6-10)11(8-13(20)21)19-14(22)12-2-1-7-23-12/h3-6,11-12H,1-2,7-8H2,(H,19,22)(H,20,21)/t11-,12+/m0/s1. The molecule has 1 heterocycles. The van der Waals surface area contributed by atoms with E-state index in [-0.39, 0.29) is 0 Å². The van der Waals surface area contributed by atoms with Gasteiger partial charge in [0, 0.05) is 6.61 Å². The number of rotatable bonds is 6. The molecule has 1 aromatic rings. The van der Waals surface area contributed by atoms with Crippen LogP contribution in [-0.2, 0) is 14.3 Å². The van der Waals surface area contributed by atoms with E-state index in [9.17, 15) is 22.8 Å². The minimum Gasteiger partial charge on any atom is -0.481 e. The van der Waals surface area contributed by atoms with Crippen LogP contribution in [0.25, 0.3) is 0 Å². The van der Waals surface area contributed by atoms with E-state index in [2.05, 4.69) is 10.1 Å². The molecule has 1 aromatic carbocycles. The summed E-state index contributed by atoms with van der Waals surface area (Å²) in [6, 6.07) is 3.82. The minimum absolute atomic E-state index is 0.360. The molecular weight excluding hydrogens is 331 g/mol. The summed E-state index contributed by atoms with van der Waals surface area (Å²) in [5.74, 6) is -2.01. The fourth-order valence-electron chi connectivity index (χ4n) is 2.38. The fourth-order valence-corrected chi connectivity index (χ4v) is 2.38. The first-order valence-corrected chi connectivity index (χ1v) is 7.24. The van der Waals surface area contributed by atoms with Crippen molar-refractivity contribution in [2.45, 2.75) is 37.8 Å². The van der Waals surface area contributed by atoms with E-state index in [1.165, 1.54) is 12.1 Å². The summed E-state index contributed by atoms with van der Waals surface area (Å²) in [5, 5.41) is 11.5. The number of alkyl halides is 3. The van der Waals surface area contributed by atoms with Crippen molar-refractivity contribution in [3.63, 3.8) is 0 Å². The molecule has 0 radical (unpaired) electrons. The Kier molecular flexibility index (Phi) is 5.66. The molecule has 0 spiro atoms. The van der Waals surface area contributed by atoms with Gasteiger partial charge in [-0.25, -0.2) is 0 Å². The number of benzene rings is 1. The van der Waals surface area contributed by atoms with Crippen molar-refractivity contribution in [1.29, 1.82) is 0 Å². The lowest BCUT2D eigenvalue weighted by Crippen LogP contribution is -2.37. The average molecular weight is 347 g/mol. The van der Waals surface area contributed by atoms with Gasteiger partial charge in [-0.2, -0.15) is 0 Å². The topological polar surface area (TPSA) is 84.9 Å². The maximum Gasteiger partial charge on any atom is 0.573 e.